The normalized spacial score (nSPS) is 23.3. The van der Waals surface area contributed by atoms with Gasteiger partial charge < -0.3 is 15.2 Å². The molecule has 3 rings (SSSR count). The molecule has 116 valence electrons. The highest BCUT2D eigenvalue weighted by molar-refractivity contribution is 5.37. The van der Waals surface area contributed by atoms with Gasteiger partial charge in [-0.2, -0.15) is 0 Å². The minimum Gasteiger partial charge on any atom is -0.497 e. The van der Waals surface area contributed by atoms with E-state index in [-0.39, 0.29) is 18.1 Å². The van der Waals surface area contributed by atoms with E-state index in [1.807, 2.05) is 30.3 Å². The van der Waals surface area contributed by atoms with Crippen LogP contribution in [0.4, 0.5) is 0 Å². The van der Waals surface area contributed by atoms with Crippen molar-refractivity contribution in [2.24, 2.45) is 5.92 Å². The van der Waals surface area contributed by atoms with Gasteiger partial charge in [0.15, 0.2) is 0 Å². The SMILES string of the molecule is COc1ccc(CCNC2c3ccccc3C(O)C2C)cc1. The number of aliphatic hydroxyl groups excluding tert-OH is 1. The molecule has 3 unspecified atom stereocenters. The maximum atomic E-state index is 10.3. The monoisotopic (exact) mass is 297 g/mol. The Hall–Kier alpha value is -1.84. The highest BCUT2D eigenvalue weighted by Crippen LogP contribution is 2.43. The average molecular weight is 297 g/mol. The molecule has 1 aliphatic carbocycles. The molecular weight excluding hydrogens is 274 g/mol. The van der Waals surface area contributed by atoms with Gasteiger partial charge in [-0.05, 0) is 41.8 Å². The summed E-state index contributed by atoms with van der Waals surface area (Å²) >= 11 is 0. The fraction of sp³-hybridized carbons (Fsp3) is 0.368. The summed E-state index contributed by atoms with van der Waals surface area (Å²) in [6.45, 7) is 3.00. The van der Waals surface area contributed by atoms with Gasteiger partial charge in [0.1, 0.15) is 5.75 Å². The Balaban J connectivity index is 1.61. The Morgan fingerprint density at radius 3 is 2.41 bits per heavy atom. The Morgan fingerprint density at radius 1 is 1.05 bits per heavy atom. The van der Waals surface area contributed by atoms with Gasteiger partial charge in [0.2, 0.25) is 0 Å². The Bertz CT molecular complexity index is 624. The lowest BCUT2D eigenvalue weighted by Crippen LogP contribution is -2.27. The first-order chi connectivity index (χ1) is 10.7. The summed E-state index contributed by atoms with van der Waals surface area (Å²) in [5.41, 5.74) is 3.59. The second kappa shape index (κ2) is 6.51. The molecule has 0 saturated carbocycles. The minimum atomic E-state index is -0.366. The third kappa shape index (κ3) is 2.87. The largest absolute Gasteiger partial charge is 0.497 e. The van der Waals surface area contributed by atoms with Gasteiger partial charge in [-0.15, -0.1) is 0 Å². The van der Waals surface area contributed by atoms with Crippen molar-refractivity contribution in [2.45, 2.75) is 25.5 Å². The van der Waals surface area contributed by atoms with Crippen LogP contribution in [0.5, 0.6) is 5.75 Å². The van der Waals surface area contributed by atoms with E-state index in [9.17, 15) is 5.11 Å². The molecule has 0 saturated heterocycles. The molecule has 3 atom stereocenters. The van der Waals surface area contributed by atoms with Gasteiger partial charge in [0, 0.05) is 12.0 Å². The zero-order chi connectivity index (χ0) is 15.5. The third-order valence-corrected chi connectivity index (χ3v) is 4.61. The topological polar surface area (TPSA) is 41.5 Å². The van der Waals surface area contributed by atoms with Gasteiger partial charge in [0.25, 0.3) is 0 Å². The number of benzene rings is 2. The van der Waals surface area contributed by atoms with Crippen molar-refractivity contribution >= 4 is 0 Å². The van der Waals surface area contributed by atoms with E-state index in [0.29, 0.717) is 0 Å². The molecule has 0 amide bonds. The van der Waals surface area contributed by atoms with Crippen molar-refractivity contribution in [1.29, 1.82) is 0 Å². The first-order valence-corrected chi connectivity index (χ1v) is 7.84. The van der Waals surface area contributed by atoms with E-state index < -0.39 is 0 Å². The van der Waals surface area contributed by atoms with Crippen LogP contribution in [0.2, 0.25) is 0 Å². The van der Waals surface area contributed by atoms with Gasteiger partial charge in [0.05, 0.1) is 13.2 Å². The molecule has 22 heavy (non-hydrogen) atoms. The quantitative estimate of drug-likeness (QED) is 0.890. The molecule has 2 N–H and O–H groups in total. The summed E-state index contributed by atoms with van der Waals surface area (Å²) in [7, 11) is 1.68. The molecule has 0 fully saturated rings. The summed E-state index contributed by atoms with van der Waals surface area (Å²) in [6, 6.07) is 16.6. The van der Waals surface area contributed by atoms with Crippen LogP contribution in [-0.4, -0.2) is 18.8 Å². The van der Waals surface area contributed by atoms with E-state index in [2.05, 4.69) is 30.4 Å². The van der Waals surface area contributed by atoms with Gasteiger partial charge in [-0.3, -0.25) is 0 Å². The molecule has 0 radical (unpaired) electrons. The molecular formula is C19H23NO2. The second-order valence-electron chi connectivity index (χ2n) is 5.96. The standard InChI is InChI=1S/C19H23NO2/c1-13-18(16-5-3-4-6-17(16)19(13)21)20-12-11-14-7-9-15(22-2)10-8-14/h3-10,13,18-21H,11-12H2,1-2H3. The summed E-state index contributed by atoms with van der Waals surface area (Å²) in [5, 5.41) is 13.9. The zero-order valence-corrected chi connectivity index (χ0v) is 13.1. The fourth-order valence-corrected chi connectivity index (χ4v) is 3.27. The van der Waals surface area contributed by atoms with Crippen molar-refractivity contribution in [3.8, 4) is 5.75 Å². The maximum absolute atomic E-state index is 10.3. The molecule has 2 aromatic carbocycles. The van der Waals surface area contributed by atoms with Crippen LogP contribution in [0.25, 0.3) is 0 Å². The van der Waals surface area contributed by atoms with Crippen molar-refractivity contribution in [3.63, 3.8) is 0 Å². The van der Waals surface area contributed by atoms with Crippen LogP contribution in [0, 0.1) is 5.92 Å². The number of hydrogen-bond acceptors (Lipinski definition) is 3. The Morgan fingerprint density at radius 2 is 1.73 bits per heavy atom. The predicted octanol–water partition coefficient (Wildman–Crippen LogP) is 3.25. The summed E-state index contributed by atoms with van der Waals surface area (Å²) < 4.78 is 5.18. The maximum Gasteiger partial charge on any atom is 0.118 e. The van der Waals surface area contributed by atoms with Crippen LogP contribution in [0.15, 0.2) is 48.5 Å². The van der Waals surface area contributed by atoms with Crippen LogP contribution in [-0.2, 0) is 6.42 Å². The first-order valence-electron chi connectivity index (χ1n) is 7.84. The van der Waals surface area contributed by atoms with Crippen LogP contribution in [0.1, 0.15) is 35.8 Å². The second-order valence-corrected chi connectivity index (χ2v) is 5.96. The summed E-state index contributed by atoms with van der Waals surface area (Å²) in [6.07, 6.45) is 0.598. The number of aliphatic hydroxyl groups is 1. The molecule has 0 aromatic heterocycles. The molecule has 0 heterocycles. The minimum absolute atomic E-state index is 0.202. The van der Waals surface area contributed by atoms with Gasteiger partial charge in [-0.1, -0.05) is 43.3 Å². The number of rotatable bonds is 5. The van der Waals surface area contributed by atoms with Crippen molar-refractivity contribution < 1.29 is 9.84 Å². The average Bonchev–Trinajstić information content (AvgIpc) is 2.81. The first kappa shape index (κ1) is 15.1. The molecule has 0 spiro atoms. The smallest absolute Gasteiger partial charge is 0.118 e. The molecule has 0 aliphatic heterocycles. The molecule has 2 aromatic rings. The number of hydrogen-bond donors (Lipinski definition) is 2. The fourth-order valence-electron chi connectivity index (χ4n) is 3.27. The zero-order valence-electron chi connectivity index (χ0n) is 13.1. The van der Waals surface area contributed by atoms with Crippen LogP contribution < -0.4 is 10.1 Å². The molecule has 3 heteroatoms. The van der Waals surface area contributed by atoms with E-state index >= 15 is 0 Å². The van der Waals surface area contributed by atoms with Crippen LogP contribution in [0.3, 0.4) is 0 Å². The van der Waals surface area contributed by atoms with E-state index in [4.69, 9.17) is 4.74 Å². The number of nitrogens with one attached hydrogen (secondary N) is 1. The summed E-state index contributed by atoms with van der Waals surface area (Å²) in [5.74, 6) is 1.09. The van der Waals surface area contributed by atoms with Gasteiger partial charge >= 0.3 is 0 Å². The number of methoxy groups -OCH3 is 1. The highest BCUT2D eigenvalue weighted by atomic mass is 16.5. The lowest BCUT2D eigenvalue weighted by molar-refractivity contribution is 0.114. The Labute approximate surface area is 131 Å². The Kier molecular flexibility index (Phi) is 4.46. The lowest BCUT2D eigenvalue weighted by Gasteiger charge is -2.20. The third-order valence-electron chi connectivity index (χ3n) is 4.61. The lowest BCUT2D eigenvalue weighted by atomic mass is 10.0. The van der Waals surface area contributed by atoms with E-state index in [1.165, 1.54) is 11.1 Å². The molecule has 1 aliphatic rings. The van der Waals surface area contributed by atoms with Crippen molar-refractivity contribution in [1.82, 2.24) is 5.32 Å². The summed E-state index contributed by atoms with van der Waals surface area (Å²) in [4.78, 5) is 0. The molecule has 0 bridgehead atoms. The van der Waals surface area contributed by atoms with E-state index in [1.54, 1.807) is 7.11 Å². The van der Waals surface area contributed by atoms with E-state index in [0.717, 1.165) is 24.3 Å². The highest BCUT2D eigenvalue weighted by Gasteiger charge is 2.35. The van der Waals surface area contributed by atoms with Gasteiger partial charge in [-0.25, -0.2) is 0 Å². The van der Waals surface area contributed by atoms with Crippen molar-refractivity contribution in [3.05, 3.63) is 65.2 Å². The molecule has 3 nitrogen and oxygen atoms in total. The predicted molar refractivity (Wildman–Crippen MR) is 88.0 cm³/mol. The van der Waals surface area contributed by atoms with Crippen LogP contribution >= 0.6 is 0 Å². The number of fused-ring (bicyclic) bond motifs is 1. The number of ether oxygens (including phenoxy) is 1. The van der Waals surface area contributed by atoms with Crippen molar-refractivity contribution in [2.75, 3.05) is 13.7 Å².